The molecule has 3 nitrogen and oxygen atoms in total. The van der Waals surface area contributed by atoms with Gasteiger partial charge in [-0.3, -0.25) is 0 Å². The van der Waals surface area contributed by atoms with Crippen molar-refractivity contribution in [3.05, 3.63) is 58.6 Å². The van der Waals surface area contributed by atoms with E-state index in [0.717, 1.165) is 22.3 Å². The molecule has 0 aromatic heterocycles. The van der Waals surface area contributed by atoms with Crippen LogP contribution in [0.3, 0.4) is 0 Å². The molecule has 1 aliphatic heterocycles. The summed E-state index contributed by atoms with van der Waals surface area (Å²) in [6.45, 7) is 0. The minimum Gasteiger partial charge on any atom is -0.331 e. The highest BCUT2D eigenvalue weighted by Crippen LogP contribution is 2.36. The van der Waals surface area contributed by atoms with Crippen LogP contribution in [0.5, 0.6) is 0 Å². The molecule has 0 bridgehead atoms. The number of rotatable bonds is 2. The average Bonchev–Trinajstić information content (AvgIpc) is 2.51. The molecular formula is C16H13ClF2N2OS. The van der Waals surface area contributed by atoms with Gasteiger partial charge in [0.25, 0.3) is 0 Å². The summed E-state index contributed by atoms with van der Waals surface area (Å²) in [6.07, 6.45) is 0.678. The number of fused-ring (bicyclic) bond motifs is 1. The number of hydrogen-bond acceptors (Lipinski definition) is 2. The Hall–Kier alpha value is -1.79. The lowest BCUT2D eigenvalue weighted by Gasteiger charge is -2.26. The number of hydrogen-bond donors (Lipinski definition) is 2. The molecule has 2 aromatic rings. The maximum atomic E-state index is 13.7. The molecule has 120 valence electrons. The smallest absolute Gasteiger partial charge is 0.319 e. The van der Waals surface area contributed by atoms with Gasteiger partial charge in [0, 0.05) is 15.7 Å². The summed E-state index contributed by atoms with van der Waals surface area (Å²) in [5.41, 5.74) is 0.782. The molecular weight excluding hydrogens is 342 g/mol. The third-order valence-corrected chi connectivity index (χ3v) is 4.85. The summed E-state index contributed by atoms with van der Waals surface area (Å²) in [5.74, 6) is -0.140. The Labute approximate surface area is 141 Å². The van der Waals surface area contributed by atoms with Gasteiger partial charge in [-0.2, -0.15) is 0 Å². The summed E-state index contributed by atoms with van der Waals surface area (Å²) in [4.78, 5) is 13.0. The predicted octanol–water partition coefficient (Wildman–Crippen LogP) is 4.98. The monoisotopic (exact) mass is 354 g/mol. The van der Waals surface area contributed by atoms with Crippen LogP contribution in [0.1, 0.15) is 18.0 Å². The Bertz CT molecular complexity index is 757. The van der Waals surface area contributed by atoms with Crippen molar-refractivity contribution in [1.82, 2.24) is 5.32 Å². The highest BCUT2D eigenvalue weighted by Gasteiger charge is 2.23. The summed E-state index contributed by atoms with van der Waals surface area (Å²) in [6, 6.07) is 7.69. The van der Waals surface area contributed by atoms with Crippen LogP contribution >= 0.6 is 23.4 Å². The van der Waals surface area contributed by atoms with Gasteiger partial charge in [0.05, 0.1) is 11.7 Å². The highest BCUT2D eigenvalue weighted by molar-refractivity contribution is 7.99. The fourth-order valence-electron chi connectivity index (χ4n) is 2.42. The minimum absolute atomic E-state index is 0.0385. The quantitative estimate of drug-likeness (QED) is 0.798. The van der Waals surface area contributed by atoms with Crippen LogP contribution in [0.15, 0.2) is 41.3 Å². The zero-order valence-corrected chi connectivity index (χ0v) is 13.5. The summed E-state index contributed by atoms with van der Waals surface area (Å²) in [7, 11) is 0. The van der Waals surface area contributed by atoms with Crippen molar-refractivity contribution in [1.29, 1.82) is 0 Å². The lowest BCUT2D eigenvalue weighted by Crippen LogP contribution is -2.34. The van der Waals surface area contributed by atoms with Crippen LogP contribution < -0.4 is 10.6 Å². The molecule has 2 N–H and O–H groups in total. The number of thioether (sulfide) groups is 1. The van der Waals surface area contributed by atoms with E-state index in [2.05, 4.69) is 10.6 Å². The van der Waals surface area contributed by atoms with Gasteiger partial charge in [0.15, 0.2) is 0 Å². The molecule has 1 unspecified atom stereocenters. The standard InChI is InChI=1S/C16H13ClF2N2OS/c17-9-1-3-14(12(19)7-9)21-16(22)20-13-5-6-23-15-4-2-10(18)8-11(13)15/h1-4,7-8,13H,5-6H2,(H2,20,21,22). The lowest BCUT2D eigenvalue weighted by atomic mass is 10.0. The molecule has 0 saturated carbocycles. The lowest BCUT2D eigenvalue weighted by molar-refractivity contribution is 0.248. The van der Waals surface area contributed by atoms with E-state index in [9.17, 15) is 13.6 Å². The third kappa shape index (κ3) is 3.76. The van der Waals surface area contributed by atoms with Crippen LogP contribution in [-0.2, 0) is 0 Å². The van der Waals surface area contributed by atoms with Crippen LogP contribution in [-0.4, -0.2) is 11.8 Å². The Morgan fingerprint density at radius 3 is 2.83 bits per heavy atom. The number of anilines is 1. The second kappa shape index (κ2) is 6.76. The molecule has 1 aliphatic rings. The van der Waals surface area contributed by atoms with Gasteiger partial charge in [-0.1, -0.05) is 11.6 Å². The van der Waals surface area contributed by atoms with E-state index >= 15 is 0 Å². The second-order valence-corrected chi connectivity index (χ2v) is 6.67. The third-order valence-electron chi connectivity index (χ3n) is 3.50. The van der Waals surface area contributed by atoms with Crippen LogP contribution in [0.4, 0.5) is 19.3 Å². The van der Waals surface area contributed by atoms with Crippen molar-refractivity contribution < 1.29 is 13.6 Å². The van der Waals surface area contributed by atoms with E-state index < -0.39 is 11.8 Å². The van der Waals surface area contributed by atoms with Gasteiger partial charge < -0.3 is 10.6 Å². The first kappa shape index (κ1) is 16.1. The van der Waals surface area contributed by atoms with Gasteiger partial charge in [-0.25, -0.2) is 13.6 Å². The molecule has 0 spiro atoms. The van der Waals surface area contributed by atoms with Gasteiger partial charge in [0.2, 0.25) is 0 Å². The van der Waals surface area contributed by atoms with Gasteiger partial charge >= 0.3 is 6.03 Å². The Morgan fingerprint density at radius 2 is 2.04 bits per heavy atom. The number of amides is 2. The number of benzene rings is 2. The van der Waals surface area contributed by atoms with Crippen molar-refractivity contribution in [2.45, 2.75) is 17.4 Å². The van der Waals surface area contributed by atoms with E-state index in [1.807, 2.05) is 0 Å². The van der Waals surface area contributed by atoms with E-state index in [-0.39, 0.29) is 22.6 Å². The summed E-state index contributed by atoms with van der Waals surface area (Å²) < 4.78 is 27.1. The molecule has 1 atom stereocenters. The van der Waals surface area contributed by atoms with Crippen LogP contribution in [0.2, 0.25) is 5.02 Å². The molecule has 23 heavy (non-hydrogen) atoms. The number of nitrogens with one attached hydrogen (secondary N) is 2. The van der Waals surface area contributed by atoms with Crippen LogP contribution in [0.25, 0.3) is 0 Å². The van der Waals surface area contributed by atoms with E-state index in [4.69, 9.17) is 11.6 Å². The number of carbonyl (C=O) groups excluding carboxylic acids is 1. The first-order valence-corrected chi connectivity index (χ1v) is 8.34. The predicted molar refractivity (Wildman–Crippen MR) is 88.0 cm³/mol. The largest absolute Gasteiger partial charge is 0.331 e. The zero-order valence-electron chi connectivity index (χ0n) is 11.9. The minimum atomic E-state index is -0.613. The maximum absolute atomic E-state index is 13.7. The fourth-order valence-corrected chi connectivity index (χ4v) is 3.69. The van der Waals surface area contributed by atoms with Crippen molar-refractivity contribution in [3.63, 3.8) is 0 Å². The van der Waals surface area contributed by atoms with E-state index in [1.165, 1.54) is 24.3 Å². The average molecular weight is 355 g/mol. The molecule has 2 amide bonds. The van der Waals surface area contributed by atoms with Gasteiger partial charge in [0.1, 0.15) is 11.6 Å². The molecule has 0 saturated heterocycles. The summed E-state index contributed by atoms with van der Waals surface area (Å²) in [5, 5.41) is 5.46. The molecule has 0 fully saturated rings. The number of urea groups is 1. The highest BCUT2D eigenvalue weighted by atomic mass is 35.5. The molecule has 1 heterocycles. The SMILES string of the molecule is O=C(Nc1ccc(Cl)cc1F)NC1CCSc2ccc(F)cc21. The Balaban J connectivity index is 1.73. The van der Waals surface area contributed by atoms with E-state index in [1.54, 1.807) is 17.8 Å². The van der Waals surface area contributed by atoms with E-state index in [0.29, 0.717) is 6.42 Å². The second-order valence-electron chi connectivity index (χ2n) is 5.09. The number of carbonyl (C=O) groups is 1. The Morgan fingerprint density at radius 1 is 1.22 bits per heavy atom. The molecule has 3 rings (SSSR count). The molecule has 0 aliphatic carbocycles. The number of halogens is 3. The zero-order chi connectivity index (χ0) is 16.4. The molecule has 0 radical (unpaired) electrons. The normalized spacial score (nSPS) is 16.6. The van der Waals surface area contributed by atoms with Crippen molar-refractivity contribution in [3.8, 4) is 0 Å². The molecule has 7 heteroatoms. The Kier molecular flexibility index (Phi) is 4.73. The van der Waals surface area contributed by atoms with Gasteiger partial charge in [-0.05, 0) is 48.4 Å². The first-order chi connectivity index (χ1) is 11.0. The topological polar surface area (TPSA) is 41.1 Å². The molecule has 2 aromatic carbocycles. The fraction of sp³-hybridized carbons (Fsp3) is 0.188. The van der Waals surface area contributed by atoms with Gasteiger partial charge in [-0.15, -0.1) is 11.8 Å². The van der Waals surface area contributed by atoms with Crippen LogP contribution in [0, 0.1) is 11.6 Å². The summed E-state index contributed by atoms with van der Waals surface area (Å²) >= 11 is 7.30. The van der Waals surface area contributed by atoms with Crippen molar-refractivity contribution >= 4 is 35.1 Å². The van der Waals surface area contributed by atoms with Crippen molar-refractivity contribution in [2.24, 2.45) is 0 Å². The van der Waals surface area contributed by atoms with Crippen molar-refractivity contribution in [2.75, 3.05) is 11.1 Å². The first-order valence-electron chi connectivity index (χ1n) is 6.98. The maximum Gasteiger partial charge on any atom is 0.319 e.